The van der Waals surface area contributed by atoms with Crippen molar-refractivity contribution >= 4 is 33.6 Å². The molecule has 0 radical (unpaired) electrons. The molecule has 0 heterocycles. The van der Waals surface area contributed by atoms with Crippen LogP contribution < -0.4 is 5.32 Å². The van der Waals surface area contributed by atoms with Gasteiger partial charge in [-0.05, 0) is 24.3 Å². The third-order valence-corrected chi connectivity index (χ3v) is 2.61. The molecule has 5 nitrogen and oxygen atoms in total. The minimum absolute atomic E-state index is 0.171. The third-order valence-electron chi connectivity index (χ3n) is 2.08. The number of nitrogens with zero attached hydrogens (tertiary/aromatic N) is 1. The first-order valence-electron chi connectivity index (χ1n) is 5.27. The van der Waals surface area contributed by atoms with Gasteiger partial charge in [-0.15, -0.1) is 0 Å². The first-order chi connectivity index (χ1) is 9.17. The third kappa shape index (κ3) is 5.91. The van der Waals surface area contributed by atoms with Crippen LogP contribution in [0.25, 0.3) is 0 Å². The van der Waals surface area contributed by atoms with Gasteiger partial charge in [0, 0.05) is 10.2 Å². The number of aliphatic carboxylic acids is 1. The maximum Gasteiger partial charge on any atom is 0.406 e. The number of urea groups is 1. The maximum atomic E-state index is 12.3. The van der Waals surface area contributed by atoms with E-state index in [1.807, 2.05) is 0 Å². The molecule has 1 aromatic carbocycles. The van der Waals surface area contributed by atoms with Crippen LogP contribution in [0.5, 0.6) is 0 Å². The quantitative estimate of drug-likeness (QED) is 0.873. The molecule has 0 fully saturated rings. The number of rotatable bonds is 4. The van der Waals surface area contributed by atoms with Crippen LogP contribution in [0.1, 0.15) is 0 Å². The Morgan fingerprint density at radius 1 is 1.25 bits per heavy atom. The van der Waals surface area contributed by atoms with Crippen molar-refractivity contribution in [2.75, 3.05) is 18.4 Å². The lowest BCUT2D eigenvalue weighted by atomic mass is 10.3. The summed E-state index contributed by atoms with van der Waals surface area (Å²) >= 11 is 3.16. The van der Waals surface area contributed by atoms with E-state index in [0.29, 0.717) is 0 Å². The second kappa shape index (κ2) is 6.60. The second-order valence-corrected chi connectivity index (χ2v) is 4.72. The summed E-state index contributed by atoms with van der Waals surface area (Å²) in [6.45, 7) is -2.68. The van der Waals surface area contributed by atoms with Crippen molar-refractivity contribution in [1.29, 1.82) is 0 Å². The van der Waals surface area contributed by atoms with E-state index in [9.17, 15) is 22.8 Å². The molecule has 0 bridgehead atoms. The average molecular weight is 355 g/mol. The molecule has 0 saturated heterocycles. The Hall–Kier alpha value is -1.77. The summed E-state index contributed by atoms with van der Waals surface area (Å²) in [5.74, 6) is -1.53. The van der Waals surface area contributed by atoms with Crippen LogP contribution in [0.3, 0.4) is 0 Å². The van der Waals surface area contributed by atoms with E-state index in [4.69, 9.17) is 5.11 Å². The van der Waals surface area contributed by atoms with Crippen molar-refractivity contribution in [3.8, 4) is 0 Å². The molecule has 0 spiro atoms. The van der Waals surface area contributed by atoms with Gasteiger partial charge in [0.2, 0.25) is 0 Å². The fourth-order valence-corrected chi connectivity index (χ4v) is 1.58. The standard InChI is InChI=1S/C11H10BrF3N2O3/c12-7-1-3-8(4-2-7)16-10(20)17(5-9(18)19)6-11(13,14)15/h1-4H,5-6H2,(H,16,20)(H,18,19). The van der Waals surface area contributed by atoms with Gasteiger partial charge in [-0.2, -0.15) is 13.2 Å². The molecule has 9 heteroatoms. The number of carbonyl (C=O) groups excluding carboxylic acids is 1. The lowest BCUT2D eigenvalue weighted by Crippen LogP contribution is -2.44. The van der Waals surface area contributed by atoms with Crippen molar-refractivity contribution in [2.24, 2.45) is 0 Å². The molecule has 110 valence electrons. The van der Waals surface area contributed by atoms with E-state index in [1.54, 1.807) is 12.1 Å². The highest BCUT2D eigenvalue weighted by Crippen LogP contribution is 2.18. The summed E-state index contributed by atoms with van der Waals surface area (Å²) in [6.07, 6.45) is -4.67. The molecule has 20 heavy (non-hydrogen) atoms. The zero-order valence-electron chi connectivity index (χ0n) is 9.95. The van der Waals surface area contributed by atoms with Crippen LogP contribution >= 0.6 is 15.9 Å². The number of alkyl halides is 3. The largest absolute Gasteiger partial charge is 0.480 e. The molecule has 1 aromatic rings. The fraction of sp³-hybridized carbons (Fsp3) is 0.273. The summed E-state index contributed by atoms with van der Waals surface area (Å²) in [7, 11) is 0. The number of nitrogens with one attached hydrogen (secondary N) is 1. The first-order valence-corrected chi connectivity index (χ1v) is 6.07. The zero-order valence-corrected chi connectivity index (χ0v) is 11.5. The zero-order chi connectivity index (χ0) is 15.3. The molecular formula is C11H10BrF3N2O3. The van der Waals surface area contributed by atoms with E-state index in [2.05, 4.69) is 21.2 Å². The number of benzene rings is 1. The van der Waals surface area contributed by atoms with Crippen molar-refractivity contribution in [3.63, 3.8) is 0 Å². The lowest BCUT2D eigenvalue weighted by Gasteiger charge is -2.22. The topological polar surface area (TPSA) is 69.6 Å². The number of carboxylic acids is 1. The lowest BCUT2D eigenvalue weighted by molar-refractivity contribution is -0.148. The summed E-state index contributed by atoms with van der Waals surface area (Å²) in [4.78, 5) is 22.3. The van der Waals surface area contributed by atoms with Gasteiger partial charge in [0.1, 0.15) is 13.1 Å². The van der Waals surface area contributed by atoms with E-state index in [1.165, 1.54) is 12.1 Å². The van der Waals surface area contributed by atoms with E-state index in [0.717, 1.165) is 4.47 Å². The molecule has 0 aliphatic carbocycles. The molecule has 0 aliphatic rings. The van der Waals surface area contributed by atoms with Crippen LogP contribution in [-0.2, 0) is 4.79 Å². The summed E-state index contributed by atoms with van der Waals surface area (Å²) in [5.41, 5.74) is 0.260. The number of hydrogen-bond acceptors (Lipinski definition) is 2. The Labute approximate surface area is 120 Å². The van der Waals surface area contributed by atoms with Gasteiger partial charge in [-0.1, -0.05) is 15.9 Å². The Bertz CT molecular complexity index is 491. The van der Waals surface area contributed by atoms with Crippen LogP contribution in [0.2, 0.25) is 0 Å². The molecule has 0 aromatic heterocycles. The van der Waals surface area contributed by atoms with Crippen LogP contribution in [0.15, 0.2) is 28.7 Å². The summed E-state index contributed by atoms with van der Waals surface area (Å²) in [5, 5.41) is 10.7. The predicted octanol–water partition coefficient (Wildman–Crippen LogP) is 2.93. The number of carboxylic acid groups (broad SMARTS) is 1. The Balaban J connectivity index is 2.76. The monoisotopic (exact) mass is 354 g/mol. The normalized spacial score (nSPS) is 11.0. The van der Waals surface area contributed by atoms with Gasteiger partial charge >= 0.3 is 18.2 Å². The highest BCUT2D eigenvalue weighted by Gasteiger charge is 2.34. The molecule has 0 unspecified atom stereocenters. The Kier molecular flexibility index (Phi) is 5.37. The summed E-state index contributed by atoms with van der Waals surface area (Å²) in [6, 6.07) is 4.97. The summed E-state index contributed by atoms with van der Waals surface area (Å²) < 4.78 is 37.6. The van der Waals surface area contributed by atoms with Crippen molar-refractivity contribution in [2.45, 2.75) is 6.18 Å². The van der Waals surface area contributed by atoms with E-state index < -0.39 is 31.3 Å². The smallest absolute Gasteiger partial charge is 0.406 e. The van der Waals surface area contributed by atoms with E-state index >= 15 is 0 Å². The minimum Gasteiger partial charge on any atom is -0.480 e. The van der Waals surface area contributed by atoms with Crippen molar-refractivity contribution in [1.82, 2.24) is 4.90 Å². The number of carbonyl (C=O) groups is 2. The van der Waals surface area contributed by atoms with Gasteiger partial charge in [0.25, 0.3) is 0 Å². The average Bonchev–Trinajstić information content (AvgIpc) is 2.29. The number of halogens is 4. The minimum atomic E-state index is -4.67. The van der Waals surface area contributed by atoms with Crippen LogP contribution in [0.4, 0.5) is 23.7 Å². The van der Waals surface area contributed by atoms with Crippen LogP contribution in [-0.4, -0.2) is 41.3 Å². The number of anilines is 1. The molecule has 0 aliphatic heterocycles. The first kappa shape index (κ1) is 16.3. The van der Waals surface area contributed by atoms with Gasteiger partial charge in [0.05, 0.1) is 0 Å². The SMILES string of the molecule is O=C(O)CN(CC(F)(F)F)C(=O)Nc1ccc(Br)cc1. The highest BCUT2D eigenvalue weighted by molar-refractivity contribution is 9.10. The van der Waals surface area contributed by atoms with Gasteiger partial charge < -0.3 is 15.3 Å². The number of amides is 2. The number of hydrogen-bond donors (Lipinski definition) is 2. The molecule has 0 atom stereocenters. The molecule has 2 N–H and O–H groups in total. The van der Waals surface area contributed by atoms with E-state index in [-0.39, 0.29) is 10.6 Å². The Morgan fingerprint density at radius 3 is 2.25 bits per heavy atom. The Morgan fingerprint density at radius 2 is 1.80 bits per heavy atom. The van der Waals surface area contributed by atoms with Gasteiger partial charge in [-0.3, -0.25) is 4.79 Å². The van der Waals surface area contributed by atoms with Crippen molar-refractivity contribution in [3.05, 3.63) is 28.7 Å². The molecule has 1 rings (SSSR count). The molecular weight excluding hydrogens is 345 g/mol. The van der Waals surface area contributed by atoms with Gasteiger partial charge in [-0.25, -0.2) is 4.79 Å². The second-order valence-electron chi connectivity index (χ2n) is 3.80. The van der Waals surface area contributed by atoms with Crippen molar-refractivity contribution < 1.29 is 27.9 Å². The highest BCUT2D eigenvalue weighted by atomic mass is 79.9. The van der Waals surface area contributed by atoms with Crippen LogP contribution in [0, 0.1) is 0 Å². The van der Waals surface area contributed by atoms with Gasteiger partial charge in [0.15, 0.2) is 0 Å². The molecule has 0 saturated carbocycles. The fourth-order valence-electron chi connectivity index (χ4n) is 1.31. The predicted molar refractivity (Wildman–Crippen MR) is 68.4 cm³/mol. The maximum absolute atomic E-state index is 12.3. The molecule has 2 amide bonds.